The molecule has 0 aliphatic rings. The van der Waals surface area contributed by atoms with Gasteiger partial charge in [0.25, 0.3) is 11.8 Å². The van der Waals surface area contributed by atoms with Crippen LogP contribution in [0.2, 0.25) is 10.0 Å². The summed E-state index contributed by atoms with van der Waals surface area (Å²) in [5, 5.41) is 5.39. The van der Waals surface area contributed by atoms with Crippen molar-refractivity contribution in [3.63, 3.8) is 0 Å². The predicted molar refractivity (Wildman–Crippen MR) is 213 cm³/mol. The summed E-state index contributed by atoms with van der Waals surface area (Å²) in [6.45, 7) is 12.2. The molecule has 14 heteroatoms. The minimum atomic E-state index is -1.17. The fourth-order valence-electron chi connectivity index (χ4n) is 5.18. The Morgan fingerprint density at radius 1 is 0.800 bits per heavy atom. The summed E-state index contributed by atoms with van der Waals surface area (Å²) in [6, 6.07) is 9.85. The summed E-state index contributed by atoms with van der Waals surface area (Å²) in [7, 11) is 0. The summed E-state index contributed by atoms with van der Waals surface area (Å²) < 4.78 is 16.2. The Balaban J connectivity index is 2.08. The van der Waals surface area contributed by atoms with E-state index in [-0.39, 0.29) is 65.7 Å². The van der Waals surface area contributed by atoms with Crippen molar-refractivity contribution in [3.05, 3.63) is 69.2 Å². The lowest BCUT2D eigenvalue weighted by molar-refractivity contribution is -0.153. The molecule has 0 fully saturated rings. The molecule has 0 spiro atoms. The number of unbranched alkanes of at least 4 members (excludes halogenated alkanes) is 5. The number of rotatable bonds is 20. The van der Waals surface area contributed by atoms with Crippen molar-refractivity contribution in [2.75, 3.05) is 13.2 Å². The van der Waals surface area contributed by atoms with Gasteiger partial charge >= 0.3 is 18.0 Å². The Labute approximate surface area is 334 Å². The van der Waals surface area contributed by atoms with Crippen molar-refractivity contribution in [2.45, 2.75) is 130 Å². The quantitative estimate of drug-likeness (QED) is 0.0578. The van der Waals surface area contributed by atoms with E-state index in [1.54, 1.807) is 71.9 Å². The zero-order valence-electron chi connectivity index (χ0n) is 33.0. The van der Waals surface area contributed by atoms with Gasteiger partial charge in [-0.05, 0) is 84.2 Å². The van der Waals surface area contributed by atoms with Gasteiger partial charge in [-0.3, -0.25) is 19.2 Å². The van der Waals surface area contributed by atoms with Gasteiger partial charge in [-0.15, -0.1) is 0 Å². The molecule has 2 aromatic carbocycles. The van der Waals surface area contributed by atoms with Crippen LogP contribution in [0, 0.1) is 0 Å². The Kier molecular flexibility index (Phi) is 19.5. The first-order valence-electron chi connectivity index (χ1n) is 18.6. The number of amides is 3. The fraction of sp³-hybridized carbons (Fsp3) is 0.537. The Morgan fingerprint density at radius 3 is 2.05 bits per heavy atom. The van der Waals surface area contributed by atoms with Crippen molar-refractivity contribution in [2.24, 2.45) is 4.99 Å². The van der Waals surface area contributed by atoms with Gasteiger partial charge < -0.3 is 24.8 Å². The molecule has 0 aliphatic carbocycles. The first-order valence-corrected chi connectivity index (χ1v) is 19.3. The van der Waals surface area contributed by atoms with Gasteiger partial charge in [0.2, 0.25) is 0 Å². The van der Waals surface area contributed by atoms with Crippen LogP contribution in [0.1, 0.15) is 133 Å². The summed E-state index contributed by atoms with van der Waals surface area (Å²) >= 11 is 12.4. The lowest BCUT2D eigenvalue weighted by atomic mass is 10.0. The summed E-state index contributed by atoms with van der Waals surface area (Å²) in [5.74, 6) is -2.91. The van der Waals surface area contributed by atoms with Gasteiger partial charge in [-0.2, -0.15) is 4.99 Å². The smallest absolute Gasteiger partial charge is 0.434 e. The SMILES string of the molecule is CCCCCCCCOC(=O)[C@H](CCC(=O)CNC(=O)c1cccc(CC(CC(=O)OC(C)(C)C)=NC(=O)OC(C)(C)C)c1)NC(=O)c1c(Cl)cccc1Cl. The zero-order valence-corrected chi connectivity index (χ0v) is 34.5. The molecular weight excluding hydrogens is 749 g/mol. The predicted octanol–water partition coefficient (Wildman–Crippen LogP) is 8.43. The van der Waals surface area contributed by atoms with E-state index in [0.717, 1.165) is 32.1 Å². The van der Waals surface area contributed by atoms with Crippen LogP contribution in [0.25, 0.3) is 0 Å². The van der Waals surface area contributed by atoms with Crippen LogP contribution in [0.3, 0.4) is 0 Å². The number of halogens is 2. The molecule has 0 aromatic heterocycles. The maximum atomic E-state index is 13.1. The summed E-state index contributed by atoms with van der Waals surface area (Å²) in [5.41, 5.74) is -0.586. The van der Waals surface area contributed by atoms with E-state index >= 15 is 0 Å². The van der Waals surface area contributed by atoms with Gasteiger partial charge in [0.1, 0.15) is 17.2 Å². The van der Waals surface area contributed by atoms with Gasteiger partial charge in [0.05, 0.1) is 35.2 Å². The summed E-state index contributed by atoms with van der Waals surface area (Å²) in [6.07, 6.45) is 4.60. The van der Waals surface area contributed by atoms with Crippen molar-refractivity contribution in [3.8, 4) is 0 Å². The minimum absolute atomic E-state index is 0.00606. The number of nitrogens with one attached hydrogen (secondary N) is 2. The second kappa shape index (κ2) is 22.9. The topological polar surface area (TPSA) is 167 Å². The number of benzene rings is 2. The van der Waals surface area contributed by atoms with E-state index < -0.39 is 52.9 Å². The van der Waals surface area contributed by atoms with E-state index in [4.69, 9.17) is 37.4 Å². The molecule has 2 rings (SSSR count). The maximum Gasteiger partial charge on any atom is 0.434 e. The van der Waals surface area contributed by atoms with Crippen molar-refractivity contribution >= 4 is 64.5 Å². The number of carbonyl (C=O) groups excluding carboxylic acids is 6. The van der Waals surface area contributed by atoms with E-state index in [1.807, 2.05) is 0 Å². The monoisotopic (exact) mass is 803 g/mol. The zero-order chi connectivity index (χ0) is 41.2. The molecule has 12 nitrogen and oxygen atoms in total. The Bertz CT molecular complexity index is 1660. The number of esters is 2. The normalized spacial score (nSPS) is 12.3. The van der Waals surface area contributed by atoms with E-state index in [0.29, 0.717) is 12.0 Å². The number of hydrogen-bond donors (Lipinski definition) is 2. The van der Waals surface area contributed by atoms with Crippen LogP contribution < -0.4 is 10.6 Å². The molecule has 0 unspecified atom stereocenters. The van der Waals surface area contributed by atoms with Gasteiger partial charge in [-0.25, -0.2) is 9.59 Å². The fourth-order valence-corrected chi connectivity index (χ4v) is 5.75. The maximum absolute atomic E-state index is 13.1. The number of carbonyl (C=O) groups is 6. The molecular formula is C41H55Cl2N3O9. The molecule has 0 radical (unpaired) electrons. The largest absolute Gasteiger partial charge is 0.464 e. The molecule has 0 heterocycles. The number of ether oxygens (including phenoxy) is 3. The van der Waals surface area contributed by atoms with E-state index in [2.05, 4.69) is 22.5 Å². The first-order chi connectivity index (χ1) is 25.8. The third kappa shape index (κ3) is 19.2. The third-order valence-electron chi connectivity index (χ3n) is 7.69. The lowest BCUT2D eigenvalue weighted by Gasteiger charge is -2.20. The van der Waals surface area contributed by atoms with Crippen LogP contribution in [0.4, 0.5) is 4.79 Å². The Morgan fingerprint density at radius 2 is 1.42 bits per heavy atom. The standard InChI is InChI=1S/C41H55Cl2N3O9/c1-8-9-10-11-12-13-22-53-38(51)33(46-37(50)35-31(42)18-15-19-32(35)43)21-20-30(47)26-44-36(49)28-17-14-16-27(23-28)24-29(25-34(48)54-40(2,3)4)45-39(52)55-41(5,6)7/h14-19,23,33H,8-13,20-22,24-26H2,1-7H3,(H,44,49)(H,46,50)/t33-/m0/s1. The van der Waals surface area contributed by atoms with Crippen LogP contribution in [0.5, 0.6) is 0 Å². The molecule has 302 valence electrons. The van der Waals surface area contributed by atoms with Crippen LogP contribution >= 0.6 is 23.2 Å². The van der Waals surface area contributed by atoms with Crippen molar-refractivity contribution in [1.82, 2.24) is 10.6 Å². The molecule has 0 saturated carbocycles. The highest BCUT2D eigenvalue weighted by Crippen LogP contribution is 2.24. The average molecular weight is 805 g/mol. The van der Waals surface area contributed by atoms with E-state index in [9.17, 15) is 28.8 Å². The molecule has 0 bridgehead atoms. The second-order valence-electron chi connectivity index (χ2n) is 15.1. The molecule has 0 saturated heterocycles. The molecule has 0 aliphatic heterocycles. The van der Waals surface area contributed by atoms with Gasteiger partial charge in [-0.1, -0.05) is 80.4 Å². The van der Waals surface area contributed by atoms with Gasteiger partial charge in [0, 0.05) is 24.1 Å². The highest BCUT2D eigenvalue weighted by Gasteiger charge is 2.26. The van der Waals surface area contributed by atoms with Crippen molar-refractivity contribution in [1.29, 1.82) is 0 Å². The number of hydrogen-bond acceptors (Lipinski definition) is 9. The highest BCUT2D eigenvalue weighted by atomic mass is 35.5. The first kappa shape index (κ1) is 46.9. The van der Waals surface area contributed by atoms with E-state index in [1.165, 1.54) is 12.1 Å². The number of Topliss-reactive ketones (excluding diaryl/α,β-unsaturated/α-hetero) is 1. The average Bonchev–Trinajstić information content (AvgIpc) is 3.06. The Hall–Kier alpha value is -4.29. The number of nitrogens with zero attached hydrogens (tertiary/aromatic N) is 1. The molecule has 2 aromatic rings. The van der Waals surface area contributed by atoms with Gasteiger partial charge in [0.15, 0.2) is 5.78 Å². The van der Waals surface area contributed by atoms with Crippen LogP contribution in [0.15, 0.2) is 47.5 Å². The molecule has 1 atom stereocenters. The van der Waals surface area contributed by atoms with Crippen LogP contribution in [-0.2, 0) is 35.0 Å². The highest BCUT2D eigenvalue weighted by molar-refractivity contribution is 6.39. The second-order valence-corrected chi connectivity index (χ2v) is 15.9. The number of aliphatic imine (C=N–C) groups is 1. The molecule has 55 heavy (non-hydrogen) atoms. The molecule has 2 N–H and O–H groups in total. The lowest BCUT2D eigenvalue weighted by Crippen LogP contribution is -2.43. The van der Waals surface area contributed by atoms with Crippen LogP contribution in [-0.4, -0.2) is 71.7 Å². The van der Waals surface area contributed by atoms with Crippen molar-refractivity contribution < 1.29 is 43.0 Å². The summed E-state index contributed by atoms with van der Waals surface area (Å²) in [4.78, 5) is 81.4. The number of ketones is 1. The minimum Gasteiger partial charge on any atom is -0.464 e. The molecule has 3 amide bonds. The third-order valence-corrected chi connectivity index (χ3v) is 8.32.